The highest BCUT2D eigenvalue weighted by Gasteiger charge is 2.09. The molecule has 2 unspecified atom stereocenters. The summed E-state index contributed by atoms with van der Waals surface area (Å²) in [6, 6.07) is 2.67. The molecule has 1 heterocycles. The van der Waals surface area contributed by atoms with Crippen LogP contribution < -0.4 is 5.32 Å². The minimum atomic E-state index is 0.316. The maximum absolute atomic E-state index is 4.13. The molecule has 0 radical (unpaired) electrons. The number of hydrogen-bond acceptors (Lipinski definition) is 2. The molecule has 2 heteroatoms. The lowest BCUT2D eigenvalue weighted by molar-refractivity contribution is 0.534. The van der Waals surface area contributed by atoms with E-state index >= 15 is 0 Å². The SMILES string of the molecule is C=CC(C)NC(C)c1cnccc1C. The zero-order valence-corrected chi connectivity index (χ0v) is 9.12. The lowest BCUT2D eigenvalue weighted by Crippen LogP contribution is -2.27. The summed E-state index contributed by atoms with van der Waals surface area (Å²) in [5.74, 6) is 0. The third kappa shape index (κ3) is 2.67. The van der Waals surface area contributed by atoms with Gasteiger partial charge < -0.3 is 5.32 Å². The molecule has 1 N–H and O–H groups in total. The van der Waals surface area contributed by atoms with Crippen LogP contribution in [-0.2, 0) is 0 Å². The molecule has 1 rings (SSSR count). The topological polar surface area (TPSA) is 24.9 Å². The summed E-state index contributed by atoms with van der Waals surface area (Å²) in [5, 5.41) is 3.43. The first-order chi connectivity index (χ1) is 6.65. The lowest BCUT2D eigenvalue weighted by atomic mass is 10.0. The summed E-state index contributed by atoms with van der Waals surface area (Å²) in [6.45, 7) is 10.1. The Bertz CT molecular complexity index is 307. The molecule has 0 fully saturated rings. The van der Waals surface area contributed by atoms with Crippen molar-refractivity contribution < 1.29 is 0 Å². The van der Waals surface area contributed by atoms with Gasteiger partial charge in [0.1, 0.15) is 0 Å². The van der Waals surface area contributed by atoms with Crippen molar-refractivity contribution in [3.05, 3.63) is 42.2 Å². The highest BCUT2D eigenvalue weighted by molar-refractivity contribution is 5.24. The molecule has 1 aromatic heterocycles. The maximum Gasteiger partial charge on any atom is 0.0318 e. The van der Waals surface area contributed by atoms with Crippen LogP contribution in [0.2, 0.25) is 0 Å². The Kier molecular flexibility index (Phi) is 3.84. The molecule has 0 aromatic carbocycles. The second kappa shape index (κ2) is 4.91. The van der Waals surface area contributed by atoms with Gasteiger partial charge in [0.2, 0.25) is 0 Å². The highest BCUT2D eigenvalue weighted by Crippen LogP contribution is 2.15. The largest absolute Gasteiger partial charge is 0.304 e. The number of aryl methyl sites for hydroxylation is 1. The average molecular weight is 190 g/mol. The molecule has 76 valence electrons. The molecule has 14 heavy (non-hydrogen) atoms. The molecular formula is C12H18N2. The van der Waals surface area contributed by atoms with Crippen LogP contribution in [0.15, 0.2) is 31.1 Å². The Morgan fingerprint density at radius 1 is 1.50 bits per heavy atom. The van der Waals surface area contributed by atoms with Crippen LogP contribution >= 0.6 is 0 Å². The van der Waals surface area contributed by atoms with Crippen molar-refractivity contribution in [3.63, 3.8) is 0 Å². The molecule has 0 aliphatic rings. The monoisotopic (exact) mass is 190 g/mol. The normalized spacial score (nSPS) is 14.8. The number of hydrogen-bond donors (Lipinski definition) is 1. The Balaban J connectivity index is 2.74. The minimum absolute atomic E-state index is 0.316. The van der Waals surface area contributed by atoms with Gasteiger partial charge in [0.15, 0.2) is 0 Å². The maximum atomic E-state index is 4.13. The predicted molar refractivity (Wildman–Crippen MR) is 60.2 cm³/mol. The van der Waals surface area contributed by atoms with Crippen LogP contribution in [0, 0.1) is 6.92 Å². The van der Waals surface area contributed by atoms with Gasteiger partial charge >= 0.3 is 0 Å². The molecule has 0 aliphatic carbocycles. The Hall–Kier alpha value is -1.15. The summed E-state index contributed by atoms with van der Waals surface area (Å²) < 4.78 is 0. The van der Waals surface area contributed by atoms with Gasteiger partial charge in [-0.3, -0.25) is 4.98 Å². The standard InChI is InChI=1S/C12H18N2/c1-5-10(3)14-11(4)12-8-13-7-6-9(12)2/h5-8,10-11,14H,1H2,2-4H3. The predicted octanol–water partition coefficient (Wildman–Crippen LogP) is 2.62. The van der Waals surface area contributed by atoms with E-state index in [9.17, 15) is 0 Å². The van der Waals surface area contributed by atoms with E-state index in [1.165, 1.54) is 11.1 Å². The lowest BCUT2D eigenvalue weighted by Gasteiger charge is -2.18. The average Bonchev–Trinajstić information content (AvgIpc) is 2.18. The molecular weight excluding hydrogens is 172 g/mol. The first kappa shape index (κ1) is 10.9. The molecule has 0 amide bonds. The van der Waals surface area contributed by atoms with Gasteiger partial charge in [-0.15, -0.1) is 6.58 Å². The van der Waals surface area contributed by atoms with Gasteiger partial charge in [0.25, 0.3) is 0 Å². The zero-order chi connectivity index (χ0) is 10.6. The van der Waals surface area contributed by atoms with Crippen molar-refractivity contribution >= 4 is 0 Å². The van der Waals surface area contributed by atoms with Crippen LogP contribution in [0.1, 0.15) is 31.0 Å². The third-order valence-electron chi connectivity index (χ3n) is 2.41. The van der Waals surface area contributed by atoms with Gasteiger partial charge in [-0.2, -0.15) is 0 Å². The first-order valence-corrected chi connectivity index (χ1v) is 4.94. The molecule has 0 saturated heterocycles. The van der Waals surface area contributed by atoms with Crippen molar-refractivity contribution in [1.29, 1.82) is 0 Å². The third-order valence-corrected chi connectivity index (χ3v) is 2.41. The van der Waals surface area contributed by atoms with Gasteiger partial charge in [0, 0.05) is 24.5 Å². The molecule has 0 spiro atoms. The number of aromatic nitrogens is 1. The zero-order valence-electron chi connectivity index (χ0n) is 9.12. The first-order valence-electron chi connectivity index (χ1n) is 4.94. The number of pyridine rings is 1. The smallest absolute Gasteiger partial charge is 0.0318 e. The van der Waals surface area contributed by atoms with E-state index in [1.54, 1.807) is 0 Å². The van der Waals surface area contributed by atoms with Crippen molar-refractivity contribution in [2.75, 3.05) is 0 Å². The molecule has 0 saturated carbocycles. The van der Waals surface area contributed by atoms with Gasteiger partial charge in [-0.25, -0.2) is 0 Å². The summed E-state index contributed by atoms with van der Waals surface area (Å²) in [6.07, 6.45) is 5.65. The van der Waals surface area contributed by atoms with E-state index in [1.807, 2.05) is 24.5 Å². The van der Waals surface area contributed by atoms with Crippen molar-refractivity contribution in [2.45, 2.75) is 32.9 Å². The van der Waals surface area contributed by atoms with Gasteiger partial charge in [-0.05, 0) is 38.0 Å². The summed E-state index contributed by atoms with van der Waals surface area (Å²) in [4.78, 5) is 4.13. The Morgan fingerprint density at radius 2 is 2.21 bits per heavy atom. The highest BCUT2D eigenvalue weighted by atomic mass is 14.9. The number of rotatable bonds is 4. The fourth-order valence-electron chi connectivity index (χ4n) is 1.48. The van der Waals surface area contributed by atoms with E-state index in [4.69, 9.17) is 0 Å². The van der Waals surface area contributed by atoms with Crippen molar-refractivity contribution in [1.82, 2.24) is 10.3 Å². The molecule has 2 atom stereocenters. The van der Waals surface area contributed by atoms with Crippen LogP contribution in [-0.4, -0.2) is 11.0 Å². The summed E-state index contributed by atoms with van der Waals surface area (Å²) >= 11 is 0. The Morgan fingerprint density at radius 3 is 2.79 bits per heavy atom. The number of nitrogens with one attached hydrogen (secondary N) is 1. The van der Waals surface area contributed by atoms with E-state index in [0.717, 1.165) is 0 Å². The van der Waals surface area contributed by atoms with E-state index in [-0.39, 0.29) is 0 Å². The van der Waals surface area contributed by atoms with Gasteiger partial charge in [-0.1, -0.05) is 6.08 Å². The fourth-order valence-corrected chi connectivity index (χ4v) is 1.48. The fraction of sp³-hybridized carbons (Fsp3) is 0.417. The Labute approximate surface area is 86.1 Å². The summed E-state index contributed by atoms with van der Waals surface area (Å²) in [5.41, 5.74) is 2.53. The molecule has 0 aliphatic heterocycles. The molecule has 0 bridgehead atoms. The number of nitrogens with zero attached hydrogens (tertiary/aromatic N) is 1. The second-order valence-corrected chi connectivity index (χ2v) is 3.64. The summed E-state index contributed by atoms with van der Waals surface area (Å²) in [7, 11) is 0. The van der Waals surface area contributed by atoms with E-state index in [0.29, 0.717) is 12.1 Å². The van der Waals surface area contributed by atoms with Crippen LogP contribution in [0.4, 0.5) is 0 Å². The minimum Gasteiger partial charge on any atom is -0.304 e. The van der Waals surface area contributed by atoms with Crippen molar-refractivity contribution in [2.24, 2.45) is 0 Å². The van der Waals surface area contributed by atoms with E-state index < -0.39 is 0 Å². The quantitative estimate of drug-likeness (QED) is 0.738. The van der Waals surface area contributed by atoms with Crippen LogP contribution in [0.5, 0.6) is 0 Å². The van der Waals surface area contributed by atoms with Crippen LogP contribution in [0.3, 0.4) is 0 Å². The second-order valence-electron chi connectivity index (χ2n) is 3.64. The van der Waals surface area contributed by atoms with Crippen molar-refractivity contribution in [3.8, 4) is 0 Å². The molecule has 2 nitrogen and oxygen atoms in total. The van der Waals surface area contributed by atoms with Crippen LogP contribution in [0.25, 0.3) is 0 Å². The molecule has 1 aromatic rings. The van der Waals surface area contributed by atoms with Gasteiger partial charge in [0.05, 0.1) is 0 Å². The van der Waals surface area contributed by atoms with E-state index in [2.05, 4.69) is 37.7 Å².